The first-order chi connectivity index (χ1) is 7.63. The standard InChI is InChI=1S/C11H22N2O3/c1-10(2)16-11(15)13-5-3-4-12(6-7-13)8-9-14/h10,14H,3-9H2,1-2H3. The van der Waals surface area contributed by atoms with Gasteiger partial charge in [-0.25, -0.2) is 4.79 Å². The third-order valence-corrected chi connectivity index (χ3v) is 2.60. The highest BCUT2D eigenvalue weighted by molar-refractivity contribution is 5.67. The van der Waals surface area contributed by atoms with Crippen molar-refractivity contribution in [1.82, 2.24) is 9.80 Å². The molecule has 0 saturated carbocycles. The normalized spacial score (nSPS) is 18.6. The van der Waals surface area contributed by atoms with Gasteiger partial charge in [0.1, 0.15) is 0 Å². The zero-order valence-electron chi connectivity index (χ0n) is 10.2. The summed E-state index contributed by atoms with van der Waals surface area (Å²) in [5.41, 5.74) is 0. The lowest BCUT2D eigenvalue weighted by Gasteiger charge is -2.22. The van der Waals surface area contributed by atoms with Crippen LogP contribution in [0.1, 0.15) is 20.3 Å². The maximum Gasteiger partial charge on any atom is 0.410 e. The minimum Gasteiger partial charge on any atom is -0.447 e. The highest BCUT2D eigenvalue weighted by Gasteiger charge is 2.20. The topological polar surface area (TPSA) is 53.0 Å². The Bertz CT molecular complexity index is 221. The van der Waals surface area contributed by atoms with Crippen molar-refractivity contribution >= 4 is 6.09 Å². The van der Waals surface area contributed by atoms with Gasteiger partial charge < -0.3 is 14.7 Å². The Balaban J connectivity index is 2.37. The Morgan fingerprint density at radius 3 is 2.69 bits per heavy atom. The van der Waals surface area contributed by atoms with Crippen molar-refractivity contribution in [2.24, 2.45) is 0 Å². The fraction of sp³-hybridized carbons (Fsp3) is 0.909. The molecule has 1 amide bonds. The summed E-state index contributed by atoms with van der Waals surface area (Å²) < 4.78 is 5.16. The Labute approximate surface area is 97.0 Å². The minimum atomic E-state index is -0.221. The number of aliphatic hydroxyl groups is 1. The van der Waals surface area contributed by atoms with Gasteiger partial charge >= 0.3 is 6.09 Å². The van der Waals surface area contributed by atoms with Gasteiger partial charge in [0, 0.05) is 26.2 Å². The van der Waals surface area contributed by atoms with Crippen LogP contribution in [0.3, 0.4) is 0 Å². The van der Waals surface area contributed by atoms with Gasteiger partial charge in [-0.3, -0.25) is 4.90 Å². The summed E-state index contributed by atoms with van der Waals surface area (Å²) in [6.45, 7) is 7.75. The van der Waals surface area contributed by atoms with E-state index < -0.39 is 0 Å². The lowest BCUT2D eigenvalue weighted by atomic mass is 10.4. The molecule has 0 aromatic carbocycles. The first-order valence-corrected chi connectivity index (χ1v) is 5.92. The number of hydrogen-bond donors (Lipinski definition) is 1. The average Bonchev–Trinajstić information content (AvgIpc) is 2.43. The van der Waals surface area contributed by atoms with E-state index in [1.54, 1.807) is 4.90 Å². The molecule has 5 nitrogen and oxygen atoms in total. The molecule has 0 bridgehead atoms. The monoisotopic (exact) mass is 230 g/mol. The molecule has 0 radical (unpaired) electrons. The van der Waals surface area contributed by atoms with Gasteiger partial charge in [-0.15, -0.1) is 0 Å². The van der Waals surface area contributed by atoms with Crippen LogP contribution in [0.4, 0.5) is 4.79 Å². The zero-order valence-corrected chi connectivity index (χ0v) is 10.2. The molecule has 94 valence electrons. The van der Waals surface area contributed by atoms with E-state index in [1.807, 2.05) is 13.8 Å². The predicted molar refractivity (Wildman–Crippen MR) is 61.3 cm³/mol. The fourth-order valence-corrected chi connectivity index (χ4v) is 1.79. The number of aliphatic hydroxyl groups excluding tert-OH is 1. The molecule has 1 saturated heterocycles. The summed E-state index contributed by atoms with van der Waals surface area (Å²) in [5.74, 6) is 0. The lowest BCUT2D eigenvalue weighted by molar-refractivity contribution is 0.0776. The first-order valence-electron chi connectivity index (χ1n) is 5.92. The molecule has 1 aliphatic heterocycles. The van der Waals surface area contributed by atoms with E-state index >= 15 is 0 Å². The van der Waals surface area contributed by atoms with Crippen molar-refractivity contribution in [2.45, 2.75) is 26.4 Å². The molecule has 0 aromatic heterocycles. The Kier molecular flexibility index (Phi) is 5.55. The molecule has 16 heavy (non-hydrogen) atoms. The SMILES string of the molecule is CC(C)OC(=O)N1CCCN(CCO)CC1. The number of hydrogen-bond acceptors (Lipinski definition) is 4. The van der Waals surface area contributed by atoms with Crippen LogP contribution in [-0.4, -0.2) is 66.4 Å². The van der Waals surface area contributed by atoms with E-state index in [4.69, 9.17) is 9.84 Å². The van der Waals surface area contributed by atoms with E-state index in [-0.39, 0.29) is 18.8 Å². The molecule has 1 aliphatic rings. The second-order valence-corrected chi connectivity index (χ2v) is 4.34. The van der Waals surface area contributed by atoms with Crippen molar-refractivity contribution in [3.8, 4) is 0 Å². The van der Waals surface area contributed by atoms with Crippen molar-refractivity contribution in [3.63, 3.8) is 0 Å². The van der Waals surface area contributed by atoms with Crippen molar-refractivity contribution < 1.29 is 14.6 Å². The molecular formula is C11H22N2O3. The Morgan fingerprint density at radius 1 is 1.31 bits per heavy atom. The van der Waals surface area contributed by atoms with Crippen LogP contribution in [0, 0.1) is 0 Å². The van der Waals surface area contributed by atoms with Crippen molar-refractivity contribution in [2.75, 3.05) is 39.3 Å². The number of rotatable bonds is 3. The average molecular weight is 230 g/mol. The summed E-state index contributed by atoms with van der Waals surface area (Å²) in [7, 11) is 0. The summed E-state index contributed by atoms with van der Waals surface area (Å²) in [6.07, 6.45) is 0.651. The Morgan fingerprint density at radius 2 is 2.06 bits per heavy atom. The zero-order chi connectivity index (χ0) is 12.0. The number of amides is 1. The Hall–Kier alpha value is -0.810. The fourth-order valence-electron chi connectivity index (χ4n) is 1.79. The summed E-state index contributed by atoms with van der Waals surface area (Å²) in [6, 6.07) is 0. The van der Waals surface area contributed by atoms with Gasteiger partial charge in [-0.05, 0) is 26.8 Å². The molecule has 0 aliphatic carbocycles. The molecule has 0 unspecified atom stereocenters. The van der Waals surface area contributed by atoms with Crippen LogP contribution >= 0.6 is 0 Å². The largest absolute Gasteiger partial charge is 0.447 e. The van der Waals surface area contributed by atoms with Crippen molar-refractivity contribution in [3.05, 3.63) is 0 Å². The third kappa shape index (κ3) is 4.37. The molecule has 1 N–H and O–H groups in total. The van der Waals surface area contributed by atoms with Gasteiger partial charge in [-0.1, -0.05) is 0 Å². The van der Waals surface area contributed by atoms with Crippen LogP contribution in [0.5, 0.6) is 0 Å². The highest BCUT2D eigenvalue weighted by atomic mass is 16.6. The molecular weight excluding hydrogens is 208 g/mol. The minimum absolute atomic E-state index is 0.0655. The van der Waals surface area contributed by atoms with E-state index in [0.717, 1.165) is 26.1 Å². The van der Waals surface area contributed by atoms with E-state index in [9.17, 15) is 4.79 Å². The number of β-amino-alcohol motifs (C(OH)–C–C–N with tert-alkyl or cyclic N) is 1. The van der Waals surface area contributed by atoms with Crippen LogP contribution in [0.2, 0.25) is 0 Å². The van der Waals surface area contributed by atoms with Gasteiger partial charge in [-0.2, -0.15) is 0 Å². The van der Waals surface area contributed by atoms with Crippen LogP contribution < -0.4 is 0 Å². The van der Waals surface area contributed by atoms with E-state index in [1.165, 1.54) is 0 Å². The second kappa shape index (κ2) is 6.70. The van der Waals surface area contributed by atoms with E-state index in [0.29, 0.717) is 13.1 Å². The summed E-state index contributed by atoms with van der Waals surface area (Å²) in [5, 5.41) is 8.86. The van der Waals surface area contributed by atoms with Crippen LogP contribution in [0.25, 0.3) is 0 Å². The maximum absolute atomic E-state index is 11.7. The molecule has 1 fully saturated rings. The van der Waals surface area contributed by atoms with Crippen LogP contribution in [-0.2, 0) is 4.74 Å². The molecule has 0 atom stereocenters. The van der Waals surface area contributed by atoms with Gasteiger partial charge in [0.15, 0.2) is 0 Å². The molecule has 0 spiro atoms. The maximum atomic E-state index is 11.7. The van der Waals surface area contributed by atoms with E-state index in [2.05, 4.69) is 4.90 Å². The summed E-state index contributed by atoms with van der Waals surface area (Å²) >= 11 is 0. The van der Waals surface area contributed by atoms with Crippen LogP contribution in [0.15, 0.2) is 0 Å². The number of nitrogens with zero attached hydrogens (tertiary/aromatic N) is 2. The van der Waals surface area contributed by atoms with Gasteiger partial charge in [0.05, 0.1) is 12.7 Å². The van der Waals surface area contributed by atoms with Gasteiger partial charge in [0.2, 0.25) is 0 Å². The highest BCUT2D eigenvalue weighted by Crippen LogP contribution is 2.05. The van der Waals surface area contributed by atoms with Crippen molar-refractivity contribution in [1.29, 1.82) is 0 Å². The molecule has 5 heteroatoms. The molecule has 0 aromatic rings. The van der Waals surface area contributed by atoms with Gasteiger partial charge in [0.25, 0.3) is 0 Å². The second-order valence-electron chi connectivity index (χ2n) is 4.34. The molecule has 1 heterocycles. The number of carbonyl (C=O) groups is 1. The predicted octanol–water partition coefficient (Wildman–Crippen LogP) is 0.531. The number of carbonyl (C=O) groups excluding carboxylic acids is 1. The first kappa shape index (κ1) is 13.3. The third-order valence-electron chi connectivity index (χ3n) is 2.60. The lowest BCUT2D eigenvalue weighted by Crippen LogP contribution is -2.37. The molecule has 1 rings (SSSR count). The smallest absolute Gasteiger partial charge is 0.410 e. The quantitative estimate of drug-likeness (QED) is 0.768. The summed E-state index contributed by atoms with van der Waals surface area (Å²) in [4.78, 5) is 15.6. The number of ether oxygens (including phenoxy) is 1.